The van der Waals surface area contributed by atoms with Crippen LogP contribution in [0.3, 0.4) is 0 Å². The van der Waals surface area contributed by atoms with Crippen LogP contribution in [0.25, 0.3) is 0 Å². The highest BCUT2D eigenvalue weighted by Crippen LogP contribution is 2.58. The molecule has 2 aliphatic heterocycles. The van der Waals surface area contributed by atoms with Crippen molar-refractivity contribution in [1.82, 2.24) is 10.2 Å². The molecule has 0 bridgehead atoms. The first-order valence-electron chi connectivity index (χ1n) is 20.0. The lowest BCUT2D eigenvalue weighted by molar-refractivity contribution is -0.150. The number of ether oxygens (including phenoxy) is 3. The number of carbonyl (C=O) groups excluding carboxylic acids is 5. The number of amides is 1. The zero-order valence-corrected chi connectivity index (χ0v) is 41.6. The van der Waals surface area contributed by atoms with Gasteiger partial charge in [0, 0.05) is 34.8 Å². The fourth-order valence-corrected chi connectivity index (χ4v) is 10.7. The van der Waals surface area contributed by atoms with Crippen LogP contribution in [0.5, 0.6) is 0 Å². The Hall–Kier alpha value is -3.50. The molecule has 352 valence electrons. The van der Waals surface area contributed by atoms with Crippen molar-refractivity contribution in [3.63, 3.8) is 0 Å². The van der Waals surface area contributed by atoms with Crippen LogP contribution >= 0.6 is 44.3 Å². The topological polar surface area (TPSA) is 215 Å². The molecule has 21 heteroatoms. The molecule has 2 saturated heterocycles. The van der Waals surface area contributed by atoms with Gasteiger partial charge in [0.25, 0.3) is 20.2 Å². The Kier molecular flexibility index (Phi) is 17.4. The summed E-state index contributed by atoms with van der Waals surface area (Å²) in [6, 6.07) is 10.5. The second kappa shape index (κ2) is 21.0. The third-order valence-electron chi connectivity index (χ3n) is 11.5. The number of nitrogens with zero attached hydrogens (tertiary/aromatic N) is 1. The van der Waals surface area contributed by atoms with Gasteiger partial charge in [0.1, 0.15) is 5.60 Å². The zero-order valence-electron chi connectivity index (χ0n) is 36.0. The highest BCUT2D eigenvalue weighted by atomic mass is 79.9. The molecule has 64 heavy (non-hydrogen) atoms. The van der Waals surface area contributed by atoms with Crippen LogP contribution in [0.1, 0.15) is 59.3 Å². The van der Waals surface area contributed by atoms with Crippen LogP contribution in [0.4, 0.5) is 4.79 Å². The highest BCUT2D eigenvalue weighted by molar-refractivity contribution is 9.10. The van der Waals surface area contributed by atoms with Gasteiger partial charge in [-0.1, -0.05) is 44.0 Å². The van der Waals surface area contributed by atoms with Crippen LogP contribution < -0.4 is 5.32 Å². The van der Waals surface area contributed by atoms with E-state index in [1.807, 2.05) is 0 Å². The Bertz CT molecular complexity index is 2330. The lowest BCUT2D eigenvalue weighted by Gasteiger charge is -2.28. The van der Waals surface area contributed by atoms with Gasteiger partial charge in [-0.15, -0.1) is 25.6 Å². The van der Waals surface area contributed by atoms with E-state index in [-0.39, 0.29) is 78.6 Å². The Labute approximate surface area is 397 Å². The summed E-state index contributed by atoms with van der Waals surface area (Å²) in [6.45, 7) is 12.6. The minimum absolute atomic E-state index is 0. The first-order chi connectivity index (χ1) is 29.4. The molecule has 16 nitrogen and oxygen atoms in total. The van der Waals surface area contributed by atoms with E-state index in [1.54, 1.807) is 57.2 Å². The van der Waals surface area contributed by atoms with E-state index in [9.17, 15) is 40.8 Å². The van der Waals surface area contributed by atoms with Crippen molar-refractivity contribution in [1.29, 1.82) is 0 Å². The average molecular weight is 1080 g/mol. The van der Waals surface area contributed by atoms with Crippen molar-refractivity contribution >= 4 is 94.1 Å². The number of methoxy groups -OCH3 is 2. The first-order valence-corrected chi connectivity index (χ1v) is 24.4. The number of allylic oxidation sites excluding steroid dienone is 2. The number of nitrogens with one attached hydrogen (secondary N) is 1. The summed E-state index contributed by atoms with van der Waals surface area (Å²) in [5.41, 5.74) is -2.68. The minimum Gasteiger partial charge on any atom is -0.469 e. The van der Waals surface area contributed by atoms with Crippen molar-refractivity contribution in [2.45, 2.75) is 99.0 Å². The number of ketones is 2. The molecule has 2 heterocycles. The Balaban J connectivity index is 0.000000283. The lowest BCUT2D eigenvalue weighted by Crippen LogP contribution is -2.44. The van der Waals surface area contributed by atoms with Crippen molar-refractivity contribution in [2.24, 2.45) is 22.7 Å². The van der Waals surface area contributed by atoms with E-state index in [0.29, 0.717) is 17.3 Å². The van der Waals surface area contributed by atoms with Gasteiger partial charge in [0.15, 0.2) is 11.6 Å². The van der Waals surface area contributed by atoms with Gasteiger partial charge in [0.05, 0.1) is 65.7 Å². The molecule has 0 spiro atoms. The largest absolute Gasteiger partial charge is 0.469 e. The van der Waals surface area contributed by atoms with E-state index in [4.69, 9.17) is 22.6 Å². The fourth-order valence-electron chi connectivity index (χ4n) is 7.96. The molecule has 2 saturated carbocycles. The monoisotopic (exact) mass is 1080 g/mol. The summed E-state index contributed by atoms with van der Waals surface area (Å²) in [5, 5.41) is 3.01. The fraction of sp³-hybridized carbons (Fsp3) is 0.512. The highest BCUT2D eigenvalue weighted by Gasteiger charge is 2.62. The van der Waals surface area contributed by atoms with E-state index in [2.05, 4.69) is 50.3 Å². The standard InChI is InChI=1S/C24H30BrNO8S.C19H22BrNO6S.ClH/c1-6-15-12-24(15,21(28)32-5)13-20(27)19-11-17(14-26(19)22(29)33-23(2,3)4)34-35(30,31)18-9-7-16(25)8-10-18;1-3-12-9-19(12,18(23)26-2)10-17(22)16-8-14(11-21-16)27-28(24,25)15-6-4-13(20)5-7-15;/h6-10,15,17,19H,1,11-14H2,2-5H3;3-7,12,14,16,21H,1,8-11H2,2H3;1H/t15-,17+,19+,24-;12-,14+,16+,19-;/m11./s1. The van der Waals surface area contributed by atoms with Crippen LogP contribution in [0, 0.1) is 22.7 Å². The number of rotatable bonds is 16. The van der Waals surface area contributed by atoms with Crippen molar-refractivity contribution < 1.29 is 63.4 Å². The van der Waals surface area contributed by atoms with Crippen molar-refractivity contribution in [3.8, 4) is 0 Å². The number of esters is 2. The maximum atomic E-state index is 13.4. The summed E-state index contributed by atoms with van der Waals surface area (Å²) in [7, 11) is -5.51. The smallest absolute Gasteiger partial charge is 0.410 e. The Morgan fingerprint density at radius 3 is 1.59 bits per heavy atom. The molecular weight excluding hydrogens is 1030 g/mol. The number of halogens is 3. The molecule has 0 aromatic heterocycles. The molecule has 2 aromatic rings. The third kappa shape index (κ3) is 12.5. The number of benzene rings is 2. The number of hydrogen-bond donors (Lipinski definition) is 1. The Morgan fingerprint density at radius 2 is 1.19 bits per heavy atom. The predicted molar refractivity (Wildman–Crippen MR) is 242 cm³/mol. The van der Waals surface area contributed by atoms with E-state index < -0.39 is 84.8 Å². The van der Waals surface area contributed by atoms with Gasteiger partial charge in [0.2, 0.25) is 0 Å². The molecule has 0 unspecified atom stereocenters. The summed E-state index contributed by atoms with van der Waals surface area (Å²) in [4.78, 5) is 64.7. The summed E-state index contributed by atoms with van der Waals surface area (Å²) < 4.78 is 77.8. The van der Waals surface area contributed by atoms with Crippen LogP contribution in [-0.4, -0.2) is 109 Å². The van der Waals surface area contributed by atoms with E-state index >= 15 is 0 Å². The molecule has 0 radical (unpaired) electrons. The summed E-state index contributed by atoms with van der Waals surface area (Å²) >= 11 is 6.51. The van der Waals surface area contributed by atoms with Gasteiger partial charge in [-0.05, 0) is 100 Å². The van der Waals surface area contributed by atoms with Gasteiger partial charge in [-0.3, -0.25) is 32.4 Å². The van der Waals surface area contributed by atoms with Crippen LogP contribution in [0.2, 0.25) is 0 Å². The molecular formula is C43H53Br2ClN2O14S2. The predicted octanol–water partition coefficient (Wildman–Crippen LogP) is 6.49. The SMILES string of the molecule is C=C[C@@H]1C[C@]1(CC(=O)[C@@H]1C[C@H](OS(=O)(=O)c2ccc(Br)cc2)CN1)C(=O)OC.C=C[C@@H]1C[C@]1(CC(=O)[C@@H]1C[C@H](OS(=O)(=O)c2ccc(Br)cc2)CN1C(=O)OC(C)(C)C)C(=O)OC.Cl. The van der Waals surface area contributed by atoms with Gasteiger partial charge >= 0.3 is 18.0 Å². The van der Waals surface area contributed by atoms with Crippen LogP contribution in [-0.2, 0) is 62.0 Å². The van der Waals surface area contributed by atoms with Gasteiger partial charge < -0.3 is 19.5 Å². The number of carbonyl (C=O) groups is 5. The molecule has 2 aliphatic carbocycles. The van der Waals surface area contributed by atoms with E-state index in [0.717, 1.165) is 4.47 Å². The summed E-state index contributed by atoms with van der Waals surface area (Å²) in [5.74, 6) is -1.74. The minimum atomic E-state index is -4.15. The van der Waals surface area contributed by atoms with Gasteiger partial charge in [-0.25, -0.2) is 4.79 Å². The third-order valence-corrected chi connectivity index (χ3v) is 15.3. The van der Waals surface area contributed by atoms with Gasteiger partial charge in [-0.2, -0.15) is 16.8 Å². The first kappa shape index (κ1) is 53.1. The molecule has 1 N–H and O–H groups in total. The van der Waals surface area contributed by atoms with Crippen molar-refractivity contribution in [3.05, 3.63) is 82.8 Å². The molecule has 2 aromatic carbocycles. The molecule has 1 amide bonds. The zero-order chi connectivity index (χ0) is 46.7. The average Bonchev–Trinajstić information content (AvgIpc) is 3.98. The van der Waals surface area contributed by atoms with E-state index in [1.165, 1.54) is 43.4 Å². The number of Topliss-reactive ketones (excluding diaryl/α,β-unsaturated/α-hetero) is 2. The maximum Gasteiger partial charge on any atom is 0.410 e. The molecule has 4 fully saturated rings. The molecule has 6 rings (SSSR count). The quantitative estimate of drug-likeness (QED) is 0.0824. The molecule has 8 atom stereocenters. The molecule has 4 aliphatic rings. The lowest BCUT2D eigenvalue weighted by atomic mass is 9.92. The van der Waals surface area contributed by atoms with Crippen LogP contribution in [0.15, 0.2) is 92.6 Å². The second-order valence-corrected chi connectivity index (χ2v) is 22.0. The second-order valence-electron chi connectivity index (χ2n) is 17.0. The number of likely N-dealkylation sites (tertiary alicyclic amines) is 1. The number of hydrogen-bond acceptors (Lipinski definition) is 15. The maximum absolute atomic E-state index is 13.4. The Morgan fingerprint density at radius 1 is 0.750 bits per heavy atom. The normalized spacial score (nSPS) is 27.1. The van der Waals surface area contributed by atoms with Crippen molar-refractivity contribution in [2.75, 3.05) is 27.3 Å². The summed E-state index contributed by atoms with van der Waals surface area (Å²) in [6.07, 6.45) is 1.93.